The van der Waals surface area contributed by atoms with Crippen molar-refractivity contribution >= 4 is 33.2 Å². The third-order valence-electron chi connectivity index (χ3n) is 3.02. The van der Waals surface area contributed by atoms with Crippen molar-refractivity contribution in [3.8, 4) is 5.75 Å². The van der Waals surface area contributed by atoms with Crippen LogP contribution in [0.4, 0.5) is 15.8 Å². The first kappa shape index (κ1) is 15.3. The lowest BCUT2D eigenvalue weighted by atomic mass is 10.1. The van der Waals surface area contributed by atoms with Crippen molar-refractivity contribution in [2.24, 2.45) is 0 Å². The summed E-state index contributed by atoms with van der Waals surface area (Å²) in [4.78, 5) is 12.2. The van der Waals surface area contributed by atoms with Gasteiger partial charge in [0.15, 0.2) is 0 Å². The number of hydrogen-bond acceptors (Lipinski definition) is 3. The van der Waals surface area contributed by atoms with E-state index in [1.54, 1.807) is 31.2 Å². The summed E-state index contributed by atoms with van der Waals surface area (Å²) in [5, 5.41) is 2.65. The predicted octanol–water partition coefficient (Wildman–Crippen LogP) is 3.74. The van der Waals surface area contributed by atoms with Crippen molar-refractivity contribution in [1.82, 2.24) is 0 Å². The lowest BCUT2D eigenvalue weighted by Crippen LogP contribution is -2.15. The molecule has 0 radical (unpaired) electrons. The SMILES string of the molecule is COc1ccc(C(=O)Nc2cc(F)c(Br)cc2C)c(N)c1. The van der Waals surface area contributed by atoms with E-state index in [-0.39, 0.29) is 0 Å². The molecule has 0 atom stereocenters. The molecular weight excluding hydrogens is 339 g/mol. The summed E-state index contributed by atoms with van der Waals surface area (Å²) >= 11 is 3.10. The number of halogens is 2. The lowest BCUT2D eigenvalue weighted by molar-refractivity contribution is 0.102. The summed E-state index contributed by atoms with van der Waals surface area (Å²) in [7, 11) is 1.52. The van der Waals surface area contributed by atoms with Gasteiger partial charge in [0.25, 0.3) is 5.91 Å². The molecule has 2 rings (SSSR count). The Bertz CT molecular complexity index is 704. The summed E-state index contributed by atoms with van der Waals surface area (Å²) in [6, 6.07) is 7.62. The van der Waals surface area contributed by atoms with E-state index in [1.165, 1.54) is 13.2 Å². The van der Waals surface area contributed by atoms with Gasteiger partial charge in [-0.2, -0.15) is 0 Å². The highest BCUT2D eigenvalue weighted by atomic mass is 79.9. The van der Waals surface area contributed by atoms with Crippen molar-refractivity contribution in [2.75, 3.05) is 18.2 Å². The molecule has 4 nitrogen and oxygen atoms in total. The zero-order valence-electron chi connectivity index (χ0n) is 11.5. The number of carbonyl (C=O) groups excluding carboxylic acids is 1. The first-order valence-electron chi connectivity index (χ1n) is 6.13. The molecule has 2 aromatic carbocycles. The highest BCUT2D eigenvalue weighted by Crippen LogP contribution is 2.26. The quantitative estimate of drug-likeness (QED) is 0.827. The molecule has 110 valence electrons. The molecule has 0 bridgehead atoms. The van der Waals surface area contributed by atoms with Gasteiger partial charge < -0.3 is 15.8 Å². The Kier molecular flexibility index (Phi) is 4.47. The molecule has 0 saturated carbocycles. The Morgan fingerprint density at radius 3 is 2.67 bits per heavy atom. The zero-order valence-corrected chi connectivity index (χ0v) is 13.1. The van der Waals surface area contributed by atoms with Gasteiger partial charge in [0, 0.05) is 17.4 Å². The largest absolute Gasteiger partial charge is 0.497 e. The molecule has 0 unspecified atom stereocenters. The number of benzene rings is 2. The van der Waals surface area contributed by atoms with Crippen LogP contribution in [0.2, 0.25) is 0 Å². The third kappa shape index (κ3) is 3.33. The minimum absolute atomic E-state index is 0.294. The number of rotatable bonds is 3. The summed E-state index contributed by atoms with van der Waals surface area (Å²) in [5.74, 6) is -0.284. The second-order valence-electron chi connectivity index (χ2n) is 4.49. The van der Waals surface area contributed by atoms with Gasteiger partial charge in [-0.15, -0.1) is 0 Å². The molecule has 0 heterocycles. The van der Waals surface area contributed by atoms with Gasteiger partial charge in [0.1, 0.15) is 11.6 Å². The normalized spacial score (nSPS) is 10.3. The number of ether oxygens (including phenoxy) is 1. The number of anilines is 2. The van der Waals surface area contributed by atoms with E-state index in [4.69, 9.17) is 10.5 Å². The standard InChI is InChI=1S/C15H14BrFN2O2/c1-8-5-11(16)12(17)7-14(8)19-15(20)10-4-3-9(21-2)6-13(10)18/h3-7H,18H2,1-2H3,(H,19,20). The molecule has 1 amide bonds. The van der Waals surface area contributed by atoms with Crippen molar-refractivity contribution in [1.29, 1.82) is 0 Å². The average molecular weight is 353 g/mol. The average Bonchev–Trinajstić information content (AvgIpc) is 2.44. The van der Waals surface area contributed by atoms with Crippen LogP contribution in [0.15, 0.2) is 34.8 Å². The van der Waals surface area contributed by atoms with Crippen LogP contribution in [-0.4, -0.2) is 13.0 Å². The second kappa shape index (κ2) is 6.13. The Morgan fingerprint density at radius 1 is 1.33 bits per heavy atom. The molecule has 21 heavy (non-hydrogen) atoms. The fourth-order valence-corrected chi connectivity index (χ4v) is 2.30. The smallest absolute Gasteiger partial charge is 0.257 e. The molecule has 0 fully saturated rings. The van der Waals surface area contributed by atoms with Crippen LogP contribution in [0.5, 0.6) is 5.75 Å². The van der Waals surface area contributed by atoms with Crippen LogP contribution in [0.1, 0.15) is 15.9 Å². The lowest BCUT2D eigenvalue weighted by Gasteiger charge is -2.11. The molecule has 0 saturated heterocycles. The van der Waals surface area contributed by atoms with Gasteiger partial charge in [-0.05, 0) is 52.7 Å². The minimum Gasteiger partial charge on any atom is -0.497 e. The molecule has 2 aromatic rings. The molecular formula is C15H14BrFN2O2. The van der Waals surface area contributed by atoms with Gasteiger partial charge in [-0.1, -0.05) is 0 Å². The van der Waals surface area contributed by atoms with E-state index in [2.05, 4.69) is 21.2 Å². The Morgan fingerprint density at radius 2 is 2.05 bits per heavy atom. The summed E-state index contributed by atoms with van der Waals surface area (Å²) < 4.78 is 18.9. The maximum atomic E-state index is 13.6. The molecule has 0 aliphatic carbocycles. The number of carbonyl (C=O) groups is 1. The Hall–Kier alpha value is -2.08. The first-order chi connectivity index (χ1) is 9.92. The summed E-state index contributed by atoms with van der Waals surface area (Å²) in [6.07, 6.45) is 0. The number of nitrogens with one attached hydrogen (secondary N) is 1. The summed E-state index contributed by atoms with van der Waals surface area (Å²) in [6.45, 7) is 1.77. The van der Waals surface area contributed by atoms with Gasteiger partial charge in [-0.3, -0.25) is 4.79 Å². The Balaban J connectivity index is 2.28. The van der Waals surface area contributed by atoms with E-state index < -0.39 is 11.7 Å². The van der Waals surface area contributed by atoms with Crippen LogP contribution in [0, 0.1) is 12.7 Å². The van der Waals surface area contributed by atoms with Gasteiger partial charge in [0.05, 0.1) is 17.1 Å². The maximum Gasteiger partial charge on any atom is 0.257 e. The third-order valence-corrected chi connectivity index (χ3v) is 3.63. The topological polar surface area (TPSA) is 64.3 Å². The molecule has 6 heteroatoms. The monoisotopic (exact) mass is 352 g/mol. The number of nitrogen functional groups attached to an aromatic ring is 1. The van der Waals surface area contributed by atoms with Crippen LogP contribution in [-0.2, 0) is 0 Å². The first-order valence-corrected chi connectivity index (χ1v) is 6.92. The van der Waals surface area contributed by atoms with Crippen molar-refractivity contribution in [2.45, 2.75) is 6.92 Å². The highest BCUT2D eigenvalue weighted by molar-refractivity contribution is 9.10. The van der Waals surface area contributed by atoms with E-state index in [1.807, 2.05) is 0 Å². The fourth-order valence-electron chi connectivity index (χ4n) is 1.85. The van der Waals surface area contributed by atoms with Crippen molar-refractivity contribution in [3.05, 3.63) is 51.7 Å². The number of amides is 1. The molecule has 0 aliphatic heterocycles. The second-order valence-corrected chi connectivity index (χ2v) is 5.34. The van der Waals surface area contributed by atoms with E-state index >= 15 is 0 Å². The predicted molar refractivity (Wildman–Crippen MR) is 84.2 cm³/mol. The molecule has 0 spiro atoms. The number of aryl methyl sites for hydroxylation is 1. The van der Waals surface area contributed by atoms with Crippen LogP contribution in [0.3, 0.4) is 0 Å². The maximum absolute atomic E-state index is 13.6. The fraction of sp³-hybridized carbons (Fsp3) is 0.133. The Labute approximate surface area is 130 Å². The van der Waals surface area contributed by atoms with E-state index in [0.717, 1.165) is 5.56 Å². The zero-order chi connectivity index (χ0) is 15.6. The number of hydrogen-bond donors (Lipinski definition) is 2. The van der Waals surface area contributed by atoms with Crippen molar-refractivity contribution in [3.63, 3.8) is 0 Å². The van der Waals surface area contributed by atoms with Gasteiger partial charge >= 0.3 is 0 Å². The number of nitrogens with two attached hydrogens (primary N) is 1. The van der Waals surface area contributed by atoms with Crippen LogP contribution >= 0.6 is 15.9 Å². The molecule has 0 aromatic heterocycles. The van der Waals surface area contributed by atoms with E-state index in [9.17, 15) is 9.18 Å². The minimum atomic E-state index is -0.446. The van der Waals surface area contributed by atoms with Crippen LogP contribution < -0.4 is 15.8 Å². The molecule has 0 aliphatic rings. The van der Waals surface area contributed by atoms with E-state index in [0.29, 0.717) is 27.2 Å². The van der Waals surface area contributed by atoms with Gasteiger partial charge in [-0.25, -0.2) is 4.39 Å². The van der Waals surface area contributed by atoms with Gasteiger partial charge in [0.2, 0.25) is 0 Å². The summed E-state index contributed by atoms with van der Waals surface area (Å²) in [5.41, 5.74) is 7.56. The molecule has 3 N–H and O–H groups in total. The van der Waals surface area contributed by atoms with Crippen LogP contribution in [0.25, 0.3) is 0 Å². The van der Waals surface area contributed by atoms with Crippen molar-refractivity contribution < 1.29 is 13.9 Å². The highest BCUT2D eigenvalue weighted by Gasteiger charge is 2.13. The number of methoxy groups -OCH3 is 1.